The number of pyridine rings is 1. The van der Waals surface area contributed by atoms with Crippen LogP contribution >= 0.6 is 11.3 Å². The first-order valence-corrected chi connectivity index (χ1v) is 9.78. The molecule has 0 unspecified atom stereocenters. The molecule has 1 aromatic carbocycles. The summed E-state index contributed by atoms with van der Waals surface area (Å²) < 4.78 is 13.1. The summed E-state index contributed by atoms with van der Waals surface area (Å²) in [4.78, 5) is 23.1. The minimum atomic E-state index is -0.254. The predicted octanol–water partition coefficient (Wildman–Crippen LogP) is 3.91. The summed E-state index contributed by atoms with van der Waals surface area (Å²) in [6.07, 6.45) is 1.81. The molecule has 4 rings (SSSR count). The van der Waals surface area contributed by atoms with Crippen molar-refractivity contribution in [3.63, 3.8) is 0 Å². The fourth-order valence-corrected chi connectivity index (χ4v) is 4.19. The van der Waals surface area contributed by atoms with Crippen LogP contribution in [0.3, 0.4) is 0 Å². The van der Waals surface area contributed by atoms with E-state index in [4.69, 9.17) is 0 Å². The van der Waals surface area contributed by atoms with Gasteiger partial charge in [0.05, 0.1) is 10.6 Å². The van der Waals surface area contributed by atoms with Gasteiger partial charge in [0.15, 0.2) is 0 Å². The first-order chi connectivity index (χ1) is 13.2. The van der Waals surface area contributed by atoms with E-state index < -0.39 is 0 Å². The van der Waals surface area contributed by atoms with Crippen molar-refractivity contribution in [3.05, 3.63) is 77.2 Å². The molecule has 1 fully saturated rings. The van der Waals surface area contributed by atoms with Crippen molar-refractivity contribution in [2.24, 2.45) is 0 Å². The third-order valence-corrected chi connectivity index (χ3v) is 5.84. The number of piperazine rings is 1. The van der Waals surface area contributed by atoms with E-state index in [1.807, 2.05) is 41.4 Å². The van der Waals surface area contributed by atoms with Gasteiger partial charge in [-0.05, 0) is 42.0 Å². The van der Waals surface area contributed by atoms with E-state index in [-0.39, 0.29) is 11.7 Å². The SMILES string of the molecule is O=C(c1ccc(-c2ccc(F)cc2)s1)N1CCN(Cc2ccccn2)CC1. The number of benzene rings is 1. The number of rotatable bonds is 4. The largest absolute Gasteiger partial charge is 0.335 e. The van der Waals surface area contributed by atoms with Gasteiger partial charge in [-0.2, -0.15) is 0 Å². The highest BCUT2D eigenvalue weighted by Gasteiger charge is 2.23. The maximum absolute atomic E-state index is 13.1. The fourth-order valence-electron chi connectivity index (χ4n) is 3.21. The predicted molar refractivity (Wildman–Crippen MR) is 105 cm³/mol. The van der Waals surface area contributed by atoms with Crippen molar-refractivity contribution in [1.82, 2.24) is 14.8 Å². The quantitative estimate of drug-likeness (QED) is 0.688. The van der Waals surface area contributed by atoms with Crippen LogP contribution in [0.4, 0.5) is 4.39 Å². The van der Waals surface area contributed by atoms with Crippen LogP contribution in [-0.2, 0) is 6.54 Å². The summed E-state index contributed by atoms with van der Waals surface area (Å²) in [6.45, 7) is 3.94. The molecule has 0 spiro atoms. The molecular weight excluding hydrogens is 361 g/mol. The second-order valence-electron chi connectivity index (χ2n) is 6.56. The summed E-state index contributed by atoms with van der Waals surface area (Å²) in [7, 11) is 0. The van der Waals surface area contributed by atoms with Gasteiger partial charge in [-0.15, -0.1) is 11.3 Å². The van der Waals surface area contributed by atoms with Gasteiger partial charge in [-0.25, -0.2) is 4.39 Å². The standard InChI is InChI=1S/C21H20FN3OS/c22-17-6-4-16(5-7-17)19-8-9-20(27-19)21(26)25-13-11-24(12-14-25)15-18-3-1-2-10-23-18/h1-10H,11-15H2. The number of aromatic nitrogens is 1. The first-order valence-electron chi connectivity index (χ1n) is 8.96. The zero-order valence-corrected chi connectivity index (χ0v) is 15.7. The molecule has 0 radical (unpaired) electrons. The highest BCUT2D eigenvalue weighted by Crippen LogP contribution is 2.29. The number of amides is 1. The minimum absolute atomic E-state index is 0.0749. The highest BCUT2D eigenvalue weighted by molar-refractivity contribution is 7.17. The number of hydrogen-bond donors (Lipinski definition) is 0. The van der Waals surface area contributed by atoms with Crippen LogP contribution in [0.1, 0.15) is 15.4 Å². The molecule has 3 aromatic rings. The second kappa shape index (κ2) is 7.98. The van der Waals surface area contributed by atoms with Gasteiger partial charge in [-0.1, -0.05) is 18.2 Å². The normalized spacial score (nSPS) is 15.1. The Balaban J connectivity index is 1.36. The lowest BCUT2D eigenvalue weighted by Gasteiger charge is -2.34. The number of carbonyl (C=O) groups excluding carboxylic acids is 1. The lowest BCUT2D eigenvalue weighted by Crippen LogP contribution is -2.48. The molecule has 0 aliphatic carbocycles. The van der Waals surface area contributed by atoms with Gasteiger partial charge in [-0.3, -0.25) is 14.7 Å². The molecule has 1 saturated heterocycles. The van der Waals surface area contributed by atoms with Crippen molar-refractivity contribution in [2.75, 3.05) is 26.2 Å². The molecule has 1 aliphatic rings. The van der Waals surface area contributed by atoms with E-state index in [0.29, 0.717) is 0 Å². The van der Waals surface area contributed by atoms with Gasteiger partial charge in [0.25, 0.3) is 5.91 Å². The third kappa shape index (κ3) is 4.23. The van der Waals surface area contributed by atoms with Crippen LogP contribution in [0.5, 0.6) is 0 Å². The fraction of sp³-hybridized carbons (Fsp3) is 0.238. The van der Waals surface area contributed by atoms with Crippen molar-refractivity contribution in [3.8, 4) is 10.4 Å². The summed E-state index contributed by atoms with van der Waals surface area (Å²) in [5.74, 6) is -0.180. The first kappa shape index (κ1) is 17.8. The molecule has 1 amide bonds. The summed E-state index contributed by atoms with van der Waals surface area (Å²) in [5.41, 5.74) is 1.99. The highest BCUT2D eigenvalue weighted by atomic mass is 32.1. The van der Waals surface area contributed by atoms with Gasteiger partial charge < -0.3 is 4.90 Å². The molecule has 6 heteroatoms. The zero-order chi connectivity index (χ0) is 18.6. The molecule has 4 nitrogen and oxygen atoms in total. The van der Waals surface area contributed by atoms with Gasteiger partial charge in [0.1, 0.15) is 5.82 Å². The van der Waals surface area contributed by atoms with Crippen LogP contribution in [0.25, 0.3) is 10.4 Å². The molecular formula is C21H20FN3OS. The van der Waals surface area contributed by atoms with Crippen LogP contribution in [0, 0.1) is 5.82 Å². The Morgan fingerprint density at radius 3 is 2.48 bits per heavy atom. The van der Waals surface area contributed by atoms with Crippen molar-refractivity contribution < 1.29 is 9.18 Å². The summed E-state index contributed by atoms with van der Waals surface area (Å²) >= 11 is 1.46. The molecule has 138 valence electrons. The minimum Gasteiger partial charge on any atom is -0.335 e. The van der Waals surface area contributed by atoms with Gasteiger partial charge >= 0.3 is 0 Å². The van der Waals surface area contributed by atoms with Crippen molar-refractivity contribution in [1.29, 1.82) is 0 Å². The van der Waals surface area contributed by atoms with Crippen LogP contribution < -0.4 is 0 Å². The van der Waals surface area contributed by atoms with E-state index in [9.17, 15) is 9.18 Å². The molecule has 0 saturated carbocycles. The molecule has 0 bridgehead atoms. The van der Waals surface area contributed by atoms with Gasteiger partial charge in [0, 0.05) is 43.8 Å². The summed E-state index contributed by atoms with van der Waals surface area (Å²) in [5, 5.41) is 0. The van der Waals surface area contributed by atoms with Crippen LogP contribution in [-0.4, -0.2) is 46.9 Å². The Labute approximate surface area is 161 Å². The van der Waals surface area contributed by atoms with E-state index in [1.54, 1.807) is 12.1 Å². The Morgan fingerprint density at radius 2 is 1.78 bits per heavy atom. The second-order valence-corrected chi connectivity index (χ2v) is 7.64. The molecule has 27 heavy (non-hydrogen) atoms. The maximum Gasteiger partial charge on any atom is 0.264 e. The number of thiophene rings is 1. The molecule has 0 atom stereocenters. The molecule has 1 aliphatic heterocycles. The number of halogens is 1. The van der Waals surface area contributed by atoms with Crippen LogP contribution in [0.2, 0.25) is 0 Å². The van der Waals surface area contributed by atoms with Crippen molar-refractivity contribution >= 4 is 17.2 Å². The van der Waals surface area contributed by atoms with E-state index in [1.165, 1.54) is 23.5 Å². The lowest BCUT2D eigenvalue weighted by molar-refractivity contribution is 0.0632. The average Bonchev–Trinajstić information content (AvgIpc) is 3.20. The monoisotopic (exact) mass is 381 g/mol. The maximum atomic E-state index is 13.1. The van der Waals surface area contributed by atoms with Gasteiger partial charge in [0.2, 0.25) is 0 Å². The van der Waals surface area contributed by atoms with E-state index in [2.05, 4.69) is 9.88 Å². The summed E-state index contributed by atoms with van der Waals surface area (Å²) in [6, 6.07) is 16.1. The molecule has 0 N–H and O–H groups in total. The topological polar surface area (TPSA) is 36.4 Å². The lowest BCUT2D eigenvalue weighted by atomic mass is 10.2. The number of nitrogens with zero attached hydrogens (tertiary/aromatic N) is 3. The third-order valence-electron chi connectivity index (χ3n) is 4.72. The van der Waals surface area contributed by atoms with Crippen LogP contribution in [0.15, 0.2) is 60.8 Å². The van der Waals surface area contributed by atoms with E-state index >= 15 is 0 Å². The number of hydrogen-bond acceptors (Lipinski definition) is 4. The van der Waals surface area contributed by atoms with E-state index in [0.717, 1.165) is 53.7 Å². The van der Waals surface area contributed by atoms with Crippen molar-refractivity contribution in [2.45, 2.75) is 6.54 Å². The number of carbonyl (C=O) groups is 1. The molecule has 2 aromatic heterocycles. The smallest absolute Gasteiger partial charge is 0.264 e. The Hall–Kier alpha value is -2.57. The average molecular weight is 381 g/mol. The molecule has 3 heterocycles. The Morgan fingerprint density at radius 1 is 1.00 bits per heavy atom. The Bertz CT molecular complexity index is 903. The zero-order valence-electron chi connectivity index (χ0n) is 14.8. The Kier molecular flexibility index (Phi) is 5.27.